The number of carbonyl (C=O) groups excluding carboxylic acids is 1. The van der Waals surface area contributed by atoms with Crippen molar-refractivity contribution in [3.8, 4) is 5.75 Å². The van der Waals surface area contributed by atoms with Gasteiger partial charge < -0.3 is 8.92 Å². The van der Waals surface area contributed by atoms with Crippen LogP contribution in [-0.2, 0) is 19.6 Å². The zero-order chi connectivity index (χ0) is 19.3. The van der Waals surface area contributed by atoms with Crippen molar-refractivity contribution in [2.75, 3.05) is 7.11 Å². The Morgan fingerprint density at radius 2 is 1.93 bits per heavy atom. The highest BCUT2D eigenvalue weighted by molar-refractivity contribution is 9.10. The molecule has 2 heterocycles. The summed E-state index contributed by atoms with van der Waals surface area (Å²) in [5.41, 5.74) is 1.34. The largest absolute Gasteiger partial charge is 0.468 e. The van der Waals surface area contributed by atoms with E-state index in [4.69, 9.17) is 20.5 Å². The van der Waals surface area contributed by atoms with Crippen molar-refractivity contribution in [1.82, 2.24) is 5.32 Å². The molecule has 0 aromatic heterocycles. The Hall–Kier alpha value is -1.61. The summed E-state index contributed by atoms with van der Waals surface area (Å²) in [5.74, 6) is -0.944. The van der Waals surface area contributed by atoms with Crippen LogP contribution in [0.1, 0.15) is 23.1 Å². The quantitative estimate of drug-likeness (QED) is 0.534. The van der Waals surface area contributed by atoms with Gasteiger partial charge in [0.25, 0.3) is 0 Å². The number of hydrogen-bond acceptors (Lipinski definition) is 6. The van der Waals surface area contributed by atoms with E-state index in [1.54, 1.807) is 42.5 Å². The molecule has 6 nitrogen and oxygen atoms in total. The predicted octanol–water partition coefficient (Wildman–Crippen LogP) is 3.16. The maximum atomic E-state index is 13.0. The maximum absolute atomic E-state index is 13.0. The number of hydrogen-bond donors (Lipinski definition) is 1. The van der Waals surface area contributed by atoms with Gasteiger partial charge in [-0.15, -0.1) is 0 Å². The third-order valence-electron chi connectivity index (χ3n) is 4.96. The van der Waals surface area contributed by atoms with Gasteiger partial charge in [-0.3, -0.25) is 10.1 Å². The number of benzene rings is 2. The first-order chi connectivity index (χ1) is 12.8. The number of esters is 1. The van der Waals surface area contributed by atoms with Crippen LogP contribution in [0.4, 0.5) is 0 Å². The third kappa shape index (κ3) is 3.14. The molecule has 4 rings (SSSR count). The first-order valence-corrected chi connectivity index (χ1v) is 10.8. The molecule has 2 aliphatic heterocycles. The molecular weight excluding hydrogens is 458 g/mol. The Morgan fingerprint density at radius 1 is 1.22 bits per heavy atom. The average molecular weight is 473 g/mol. The lowest BCUT2D eigenvalue weighted by atomic mass is 9.88. The molecule has 0 unspecified atom stereocenters. The van der Waals surface area contributed by atoms with Gasteiger partial charge in [0.1, 0.15) is 17.0 Å². The molecule has 2 aromatic carbocycles. The summed E-state index contributed by atoms with van der Waals surface area (Å²) >= 11 is 9.36. The molecule has 1 saturated heterocycles. The number of halogens is 2. The van der Waals surface area contributed by atoms with Gasteiger partial charge in [0.2, 0.25) is 0 Å². The number of carbonyl (C=O) groups is 1. The molecule has 0 spiro atoms. The zero-order valence-corrected chi connectivity index (χ0v) is 17.2. The SMILES string of the molecule is COC(=O)[C@H]1N[C@@H](c2ccc(Cl)cc2)[C@H]2[C@@H]1c1cc(Br)ccc1OS2(=O)=O. The second kappa shape index (κ2) is 6.77. The zero-order valence-electron chi connectivity index (χ0n) is 14.1. The van der Waals surface area contributed by atoms with Crippen molar-refractivity contribution in [3.63, 3.8) is 0 Å². The van der Waals surface area contributed by atoms with Gasteiger partial charge in [0, 0.05) is 21.0 Å². The lowest BCUT2D eigenvalue weighted by Crippen LogP contribution is -2.40. The number of methoxy groups -OCH3 is 1. The minimum absolute atomic E-state index is 0.229. The Balaban J connectivity index is 1.90. The van der Waals surface area contributed by atoms with E-state index < -0.39 is 39.3 Å². The third-order valence-corrected chi connectivity index (χ3v) is 7.34. The van der Waals surface area contributed by atoms with Crippen LogP contribution < -0.4 is 9.50 Å². The molecule has 27 heavy (non-hydrogen) atoms. The number of ether oxygens (including phenoxy) is 1. The van der Waals surface area contributed by atoms with Crippen molar-refractivity contribution >= 4 is 43.6 Å². The van der Waals surface area contributed by atoms with Gasteiger partial charge in [-0.25, -0.2) is 0 Å². The van der Waals surface area contributed by atoms with Crippen LogP contribution in [-0.4, -0.2) is 32.8 Å². The second-order valence-corrected chi connectivity index (χ2v) is 9.49. The van der Waals surface area contributed by atoms with Gasteiger partial charge in [-0.2, -0.15) is 8.42 Å². The summed E-state index contributed by atoms with van der Waals surface area (Å²) in [6, 6.07) is 10.4. The van der Waals surface area contributed by atoms with Crippen molar-refractivity contribution in [2.45, 2.75) is 23.3 Å². The molecule has 2 aromatic rings. The highest BCUT2D eigenvalue weighted by atomic mass is 79.9. The smallest absolute Gasteiger partial charge is 0.323 e. The molecule has 4 atom stereocenters. The van der Waals surface area contributed by atoms with Crippen molar-refractivity contribution in [2.24, 2.45) is 0 Å². The standard InChI is InChI=1S/C18H15BrClNO5S/c1-25-18(22)16-14-12-8-10(19)4-7-13(12)26-27(23,24)17(14)15(21-16)9-2-5-11(20)6-3-9/h2-8,14-17,21H,1H3/t14-,15+,16+,17-/m1/s1. The summed E-state index contributed by atoms with van der Waals surface area (Å²) in [6.07, 6.45) is 0. The normalized spacial score (nSPS) is 28.0. The molecule has 142 valence electrons. The van der Waals surface area contributed by atoms with E-state index in [2.05, 4.69) is 21.2 Å². The molecule has 0 radical (unpaired) electrons. The lowest BCUT2D eigenvalue weighted by Gasteiger charge is -2.31. The van der Waals surface area contributed by atoms with Crippen LogP contribution in [0.3, 0.4) is 0 Å². The van der Waals surface area contributed by atoms with Crippen LogP contribution >= 0.6 is 27.5 Å². The highest BCUT2D eigenvalue weighted by Gasteiger charge is 2.57. The number of nitrogens with one attached hydrogen (secondary N) is 1. The van der Waals surface area contributed by atoms with E-state index in [-0.39, 0.29) is 5.75 Å². The van der Waals surface area contributed by atoms with E-state index in [9.17, 15) is 13.2 Å². The van der Waals surface area contributed by atoms with Gasteiger partial charge in [0.15, 0.2) is 0 Å². The summed E-state index contributed by atoms with van der Waals surface area (Å²) < 4.78 is 37.0. The highest BCUT2D eigenvalue weighted by Crippen LogP contribution is 2.50. The molecule has 0 bridgehead atoms. The van der Waals surface area contributed by atoms with Gasteiger partial charge >= 0.3 is 16.1 Å². The second-order valence-electron chi connectivity index (χ2n) is 6.45. The molecule has 1 fully saturated rings. The molecule has 2 aliphatic rings. The predicted molar refractivity (Wildman–Crippen MR) is 103 cm³/mol. The van der Waals surface area contributed by atoms with E-state index >= 15 is 0 Å². The fourth-order valence-electron chi connectivity index (χ4n) is 3.83. The Labute approximate surface area is 170 Å². The van der Waals surface area contributed by atoms with E-state index in [1.165, 1.54) is 7.11 Å². The summed E-state index contributed by atoms with van der Waals surface area (Å²) in [4.78, 5) is 12.5. The van der Waals surface area contributed by atoms with Gasteiger partial charge in [-0.05, 0) is 35.9 Å². The van der Waals surface area contributed by atoms with Crippen LogP contribution in [0.25, 0.3) is 0 Å². The Morgan fingerprint density at radius 3 is 2.59 bits per heavy atom. The minimum Gasteiger partial charge on any atom is -0.468 e. The Bertz CT molecular complexity index is 1010. The van der Waals surface area contributed by atoms with E-state index in [0.717, 1.165) is 4.47 Å². The van der Waals surface area contributed by atoms with Crippen LogP contribution in [0.2, 0.25) is 5.02 Å². The van der Waals surface area contributed by atoms with Crippen molar-refractivity contribution < 1.29 is 22.1 Å². The monoisotopic (exact) mass is 471 g/mol. The molecule has 9 heteroatoms. The average Bonchev–Trinajstić information content (AvgIpc) is 3.04. The first kappa shape index (κ1) is 18.7. The van der Waals surface area contributed by atoms with Crippen LogP contribution in [0.5, 0.6) is 5.75 Å². The van der Waals surface area contributed by atoms with Gasteiger partial charge in [-0.1, -0.05) is 39.7 Å². The fourth-order valence-corrected chi connectivity index (χ4v) is 6.08. The van der Waals surface area contributed by atoms with Crippen molar-refractivity contribution in [1.29, 1.82) is 0 Å². The summed E-state index contributed by atoms with van der Waals surface area (Å²) in [6.45, 7) is 0. The number of rotatable bonds is 2. The molecular formula is C18H15BrClNO5S. The van der Waals surface area contributed by atoms with Gasteiger partial charge in [0.05, 0.1) is 13.2 Å². The topological polar surface area (TPSA) is 81.7 Å². The summed E-state index contributed by atoms with van der Waals surface area (Å²) in [7, 11) is -2.71. The van der Waals surface area contributed by atoms with E-state index in [1.807, 2.05) is 0 Å². The lowest BCUT2D eigenvalue weighted by molar-refractivity contribution is -0.143. The van der Waals surface area contributed by atoms with E-state index in [0.29, 0.717) is 16.1 Å². The minimum atomic E-state index is -3.99. The fraction of sp³-hybridized carbons (Fsp3) is 0.278. The molecule has 0 saturated carbocycles. The van der Waals surface area contributed by atoms with Crippen LogP contribution in [0, 0.1) is 0 Å². The summed E-state index contributed by atoms with van der Waals surface area (Å²) in [5, 5.41) is 2.70. The maximum Gasteiger partial charge on any atom is 0.323 e. The number of fused-ring (bicyclic) bond motifs is 3. The Kier molecular flexibility index (Phi) is 4.70. The molecule has 0 amide bonds. The van der Waals surface area contributed by atoms with Crippen molar-refractivity contribution in [3.05, 3.63) is 63.1 Å². The first-order valence-electron chi connectivity index (χ1n) is 8.14. The molecule has 1 N–H and O–H groups in total. The van der Waals surface area contributed by atoms with Crippen LogP contribution in [0.15, 0.2) is 46.9 Å². The molecule has 0 aliphatic carbocycles.